The molecule has 0 saturated carbocycles. The number of carbonyl (C=O) groups excluding carboxylic acids is 1. The monoisotopic (exact) mass is 539 g/mol. The minimum atomic E-state index is -5.09. The van der Waals surface area contributed by atoms with E-state index >= 15 is 0 Å². The summed E-state index contributed by atoms with van der Waals surface area (Å²) in [4.78, 5) is 25.6. The van der Waals surface area contributed by atoms with Gasteiger partial charge in [-0.2, -0.15) is 18.4 Å². The average molecular weight is 540 g/mol. The lowest BCUT2D eigenvalue weighted by Gasteiger charge is -2.14. The molecule has 0 amide bonds. The predicted molar refractivity (Wildman–Crippen MR) is 134 cm³/mol. The summed E-state index contributed by atoms with van der Waals surface area (Å²) in [6.07, 6.45) is -3.78. The number of benzene rings is 3. The number of rotatable bonds is 5. The van der Waals surface area contributed by atoms with Gasteiger partial charge in [-0.05, 0) is 60.9 Å². The highest BCUT2D eigenvalue weighted by Crippen LogP contribution is 2.39. The summed E-state index contributed by atoms with van der Waals surface area (Å²) >= 11 is 6.11. The van der Waals surface area contributed by atoms with E-state index in [1.165, 1.54) is 24.3 Å². The molecule has 0 atom stereocenters. The van der Waals surface area contributed by atoms with E-state index in [2.05, 4.69) is 0 Å². The molecular weight excluding hydrogens is 523 g/mol. The first kappa shape index (κ1) is 26.5. The van der Waals surface area contributed by atoms with E-state index in [0.29, 0.717) is 21.7 Å². The largest absolute Gasteiger partial charge is 0.453 e. The normalized spacial score (nSPS) is 11.8. The molecule has 1 aromatic heterocycles. The summed E-state index contributed by atoms with van der Waals surface area (Å²) in [6, 6.07) is 16.3. The molecule has 0 bridgehead atoms. The lowest BCUT2D eigenvalue weighted by atomic mass is 10.1. The van der Waals surface area contributed by atoms with Crippen LogP contribution in [0.1, 0.15) is 22.5 Å². The first-order valence-corrected chi connectivity index (χ1v) is 11.4. The molecule has 0 N–H and O–H groups in total. The molecule has 6 nitrogen and oxygen atoms in total. The molecule has 38 heavy (non-hydrogen) atoms. The maximum absolute atomic E-state index is 13.9. The number of fused-ring (bicyclic) bond motifs is 1. The number of esters is 1. The lowest BCUT2D eigenvalue weighted by molar-refractivity contribution is -0.154. The zero-order valence-electron chi connectivity index (χ0n) is 19.9. The fourth-order valence-electron chi connectivity index (χ4n) is 3.60. The van der Waals surface area contributed by atoms with E-state index in [1.807, 2.05) is 0 Å². The van der Waals surface area contributed by atoms with Crippen molar-refractivity contribution in [3.63, 3.8) is 0 Å². The van der Waals surface area contributed by atoms with E-state index in [9.17, 15) is 28.0 Å². The molecule has 4 rings (SSSR count). The van der Waals surface area contributed by atoms with Crippen molar-refractivity contribution in [3.8, 4) is 23.3 Å². The van der Waals surface area contributed by atoms with Crippen LogP contribution in [0.3, 0.4) is 0 Å². The molecule has 3 aromatic carbocycles. The van der Waals surface area contributed by atoms with Gasteiger partial charge in [0.25, 0.3) is 5.76 Å². The van der Waals surface area contributed by atoms with Crippen LogP contribution >= 0.6 is 11.6 Å². The third kappa shape index (κ3) is 5.56. The Balaban J connectivity index is 1.73. The van der Waals surface area contributed by atoms with Gasteiger partial charge < -0.3 is 13.9 Å². The molecular formula is C28H17ClF3NO5. The second-order valence-corrected chi connectivity index (χ2v) is 8.57. The van der Waals surface area contributed by atoms with Crippen LogP contribution < -0.4 is 14.9 Å². The minimum absolute atomic E-state index is 0.0265. The first-order chi connectivity index (χ1) is 18.0. The Morgan fingerprint density at radius 2 is 1.68 bits per heavy atom. The highest BCUT2D eigenvalue weighted by Gasteiger charge is 2.40. The minimum Gasteiger partial charge on any atom is -0.449 e. The zero-order valence-corrected chi connectivity index (χ0v) is 20.6. The second kappa shape index (κ2) is 10.4. The van der Waals surface area contributed by atoms with Gasteiger partial charge in [-0.1, -0.05) is 41.9 Å². The van der Waals surface area contributed by atoms with Gasteiger partial charge in [0.15, 0.2) is 0 Å². The van der Waals surface area contributed by atoms with Crippen molar-refractivity contribution in [1.29, 1.82) is 5.26 Å². The zero-order chi connectivity index (χ0) is 27.6. The Kier molecular flexibility index (Phi) is 7.28. The maximum Gasteiger partial charge on any atom is 0.453 e. The van der Waals surface area contributed by atoms with Crippen LogP contribution in [-0.2, 0) is 11.0 Å². The van der Waals surface area contributed by atoms with Gasteiger partial charge in [0.1, 0.15) is 28.7 Å². The molecule has 10 heteroatoms. The van der Waals surface area contributed by atoms with Gasteiger partial charge in [-0.15, -0.1) is 0 Å². The fraction of sp³-hybridized carbons (Fsp3) is 0.107. The summed E-state index contributed by atoms with van der Waals surface area (Å²) in [6.45, 7) is 3.29. The number of hydrogen-bond acceptors (Lipinski definition) is 6. The summed E-state index contributed by atoms with van der Waals surface area (Å²) in [5.41, 5.74) is -0.253. The van der Waals surface area contributed by atoms with Crippen molar-refractivity contribution >= 4 is 34.6 Å². The Morgan fingerprint density at radius 3 is 2.29 bits per heavy atom. The van der Waals surface area contributed by atoms with Crippen LogP contribution in [0.5, 0.6) is 17.2 Å². The first-order valence-electron chi connectivity index (χ1n) is 11.0. The Labute approximate surface area is 219 Å². The van der Waals surface area contributed by atoms with Gasteiger partial charge in [-0.25, -0.2) is 4.79 Å². The van der Waals surface area contributed by atoms with E-state index in [0.717, 1.165) is 12.1 Å². The predicted octanol–water partition coefficient (Wildman–Crippen LogP) is 7.39. The Morgan fingerprint density at radius 1 is 1.03 bits per heavy atom. The van der Waals surface area contributed by atoms with Gasteiger partial charge in [0, 0.05) is 11.1 Å². The number of alkyl halides is 3. The fourth-order valence-corrected chi connectivity index (χ4v) is 3.71. The molecule has 192 valence electrons. The summed E-state index contributed by atoms with van der Waals surface area (Å²) < 4.78 is 57.3. The highest BCUT2D eigenvalue weighted by atomic mass is 35.5. The van der Waals surface area contributed by atoms with Gasteiger partial charge in [-0.3, -0.25) is 4.79 Å². The number of halogens is 4. The van der Waals surface area contributed by atoms with Crippen LogP contribution in [0.25, 0.3) is 17.0 Å². The SMILES string of the molecule is Cc1cc(Oc2c(C(F)(F)F)oc3cc(OC(=O)/C(C#N)=C/c4ccccc4)ccc3c2=O)cc(C)c1Cl. The van der Waals surface area contributed by atoms with Crippen molar-refractivity contribution in [2.24, 2.45) is 0 Å². The summed E-state index contributed by atoms with van der Waals surface area (Å²) in [5, 5.41) is 9.52. The molecule has 0 aliphatic heterocycles. The van der Waals surface area contributed by atoms with Crippen molar-refractivity contribution in [2.75, 3.05) is 0 Å². The maximum atomic E-state index is 13.9. The molecule has 0 aliphatic rings. The van der Waals surface area contributed by atoms with Gasteiger partial charge in [0.05, 0.1) is 5.39 Å². The molecule has 0 aliphatic carbocycles. The smallest absolute Gasteiger partial charge is 0.449 e. The topological polar surface area (TPSA) is 89.5 Å². The van der Waals surface area contributed by atoms with Crippen LogP contribution in [0.2, 0.25) is 5.02 Å². The molecule has 4 aromatic rings. The van der Waals surface area contributed by atoms with Crippen molar-refractivity contribution in [3.05, 3.63) is 104 Å². The molecule has 0 radical (unpaired) electrons. The summed E-state index contributed by atoms with van der Waals surface area (Å²) in [5.74, 6) is -4.01. The van der Waals surface area contributed by atoms with E-state index in [4.69, 9.17) is 25.5 Å². The van der Waals surface area contributed by atoms with Crippen LogP contribution in [-0.4, -0.2) is 5.97 Å². The Bertz CT molecular complexity index is 1660. The van der Waals surface area contributed by atoms with Crippen LogP contribution in [0.4, 0.5) is 13.2 Å². The summed E-state index contributed by atoms with van der Waals surface area (Å²) in [7, 11) is 0. The third-order valence-electron chi connectivity index (χ3n) is 5.37. The number of carbonyl (C=O) groups is 1. The quantitative estimate of drug-likeness (QED) is 0.114. The van der Waals surface area contributed by atoms with Gasteiger partial charge in [0.2, 0.25) is 11.2 Å². The lowest BCUT2D eigenvalue weighted by Crippen LogP contribution is -2.16. The van der Waals surface area contributed by atoms with Crippen molar-refractivity contribution < 1.29 is 31.9 Å². The second-order valence-electron chi connectivity index (χ2n) is 8.19. The average Bonchev–Trinajstić information content (AvgIpc) is 2.87. The van der Waals surface area contributed by atoms with Gasteiger partial charge >= 0.3 is 12.1 Å². The number of ether oxygens (including phenoxy) is 2. The van der Waals surface area contributed by atoms with Crippen LogP contribution in [0.15, 0.2) is 75.4 Å². The van der Waals surface area contributed by atoms with Crippen molar-refractivity contribution in [1.82, 2.24) is 0 Å². The molecule has 0 fully saturated rings. The third-order valence-corrected chi connectivity index (χ3v) is 5.97. The number of aryl methyl sites for hydroxylation is 2. The van der Waals surface area contributed by atoms with Crippen LogP contribution in [0, 0.1) is 25.2 Å². The Hall–Kier alpha value is -4.55. The van der Waals surface area contributed by atoms with E-state index in [-0.39, 0.29) is 22.5 Å². The molecule has 1 heterocycles. The number of nitriles is 1. The molecule has 0 saturated heterocycles. The standard InChI is InChI=1S/C28H17ClF3NO5/c1-15-10-20(11-16(2)23(15)29)36-25-24(34)21-9-8-19(13-22(21)38-26(25)28(30,31)32)37-27(35)18(14-33)12-17-6-4-3-5-7-17/h3-13H,1-2H3/b18-12+. The number of nitrogens with zero attached hydrogens (tertiary/aromatic N) is 1. The number of hydrogen-bond donors (Lipinski definition) is 0. The van der Waals surface area contributed by atoms with E-state index < -0.39 is 34.7 Å². The molecule has 0 unspecified atom stereocenters. The highest BCUT2D eigenvalue weighted by molar-refractivity contribution is 6.32. The van der Waals surface area contributed by atoms with Crippen molar-refractivity contribution in [2.45, 2.75) is 20.0 Å². The molecule has 0 spiro atoms. The van der Waals surface area contributed by atoms with E-state index in [1.54, 1.807) is 50.2 Å².